The fourth-order valence-electron chi connectivity index (χ4n) is 2.04. The number of amidine groups is 1. The van der Waals surface area contributed by atoms with Crippen molar-refractivity contribution in [3.8, 4) is 0 Å². The Balaban J connectivity index is 1.94. The number of hydrogen-bond donors (Lipinski definition) is 1. The predicted molar refractivity (Wildman–Crippen MR) is 88.6 cm³/mol. The van der Waals surface area contributed by atoms with E-state index in [0.717, 1.165) is 15.7 Å². The number of aliphatic imine (C=N–C) groups is 1. The van der Waals surface area contributed by atoms with Crippen molar-refractivity contribution in [2.24, 2.45) is 4.99 Å². The molecule has 1 aliphatic heterocycles. The van der Waals surface area contributed by atoms with Gasteiger partial charge in [-0.15, -0.1) is 0 Å². The Kier molecular flexibility index (Phi) is 3.82. The Morgan fingerprint density at radius 1 is 1.24 bits per heavy atom. The van der Waals surface area contributed by atoms with E-state index in [9.17, 15) is 4.79 Å². The van der Waals surface area contributed by atoms with Crippen molar-refractivity contribution >= 4 is 44.5 Å². The fourth-order valence-corrected chi connectivity index (χ4v) is 3.49. The summed E-state index contributed by atoms with van der Waals surface area (Å²) in [4.78, 5) is 20.8. The van der Waals surface area contributed by atoms with E-state index in [2.05, 4.69) is 31.2 Å². The molecular formula is C15H12BrN3OS. The Morgan fingerprint density at radius 2 is 1.95 bits per heavy atom. The molecule has 1 aliphatic rings. The van der Waals surface area contributed by atoms with Crippen molar-refractivity contribution in [3.63, 3.8) is 0 Å². The highest BCUT2D eigenvalue weighted by molar-refractivity contribution is 9.10. The first-order valence-corrected chi connectivity index (χ1v) is 7.95. The molecule has 1 amide bonds. The summed E-state index contributed by atoms with van der Waals surface area (Å²) in [5.41, 5.74) is 1.71. The molecule has 2 aromatic rings. The summed E-state index contributed by atoms with van der Waals surface area (Å²) < 4.78 is 0.216. The quantitative estimate of drug-likeness (QED) is 0.888. The van der Waals surface area contributed by atoms with Gasteiger partial charge in [-0.25, -0.2) is 4.99 Å². The maximum atomic E-state index is 12.3. The van der Waals surface area contributed by atoms with Crippen molar-refractivity contribution in [3.05, 3.63) is 58.8 Å². The second-order valence-electron chi connectivity index (χ2n) is 4.69. The van der Waals surface area contributed by atoms with E-state index < -0.39 is 4.75 Å². The first kappa shape index (κ1) is 14.3. The first-order valence-electron chi connectivity index (χ1n) is 6.34. The van der Waals surface area contributed by atoms with E-state index in [1.807, 2.05) is 43.3 Å². The van der Waals surface area contributed by atoms with E-state index >= 15 is 0 Å². The molecule has 0 saturated carbocycles. The minimum atomic E-state index is -0.678. The molecule has 1 aromatic carbocycles. The number of nitrogens with zero attached hydrogens (tertiary/aromatic N) is 2. The standard InChI is InChI=1S/C15H12BrN3OS/c1-15(10-6-8-17-9-7-10)13(20)19-14(21-15)18-12-5-3-2-4-11(12)16/h2-9H,1H3,(H,18,19,20). The monoisotopic (exact) mass is 361 g/mol. The van der Waals surface area contributed by atoms with Crippen LogP contribution >= 0.6 is 27.7 Å². The molecular weight excluding hydrogens is 350 g/mol. The third kappa shape index (κ3) is 2.73. The normalized spacial score (nSPS) is 23.3. The average Bonchev–Trinajstić information content (AvgIpc) is 2.78. The molecule has 1 saturated heterocycles. The summed E-state index contributed by atoms with van der Waals surface area (Å²) in [5, 5.41) is 3.45. The van der Waals surface area contributed by atoms with Crippen molar-refractivity contribution < 1.29 is 4.79 Å². The van der Waals surface area contributed by atoms with Gasteiger partial charge in [-0.1, -0.05) is 23.9 Å². The number of amides is 1. The van der Waals surface area contributed by atoms with E-state index in [0.29, 0.717) is 5.17 Å². The third-order valence-electron chi connectivity index (χ3n) is 3.26. The lowest BCUT2D eigenvalue weighted by atomic mass is 10.0. The molecule has 0 bridgehead atoms. The Hall–Kier alpha value is -1.66. The maximum Gasteiger partial charge on any atom is 0.246 e. The van der Waals surface area contributed by atoms with Crippen LogP contribution in [0.1, 0.15) is 12.5 Å². The van der Waals surface area contributed by atoms with Crippen LogP contribution in [0.3, 0.4) is 0 Å². The van der Waals surface area contributed by atoms with Crippen LogP contribution in [-0.4, -0.2) is 16.1 Å². The number of thioether (sulfide) groups is 1. The molecule has 6 heteroatoms. The van der Waals surface area contributed by atoms with Crippen LogP contribution < -0.4 is 5.32 Å². The molecule has 0 radical (unpaired) electrons. The lowest BCUT2D eigenvalue weighted by molar-refractivity contribution is -0.121. The number of benzene rings is 1. The summed E-state index contributed by atoms with van der Waals surface area (Å²) in [6, 6.07) is 11.4. The van der Waals surface area contributed by atoms with E-state index in [-0.39, 0.29) is 5.91 Å². The van der Waals surface area contributed by atoms with Gasteiger partial charge in [0, 0.05) is 16.9 Å². The summed E-state index contributed by atoms with van der Waals surface area (Å²) in [6.45, 7) is 1.89. The number of para-hydroxylation sites is 1. The van der Waals surface area contributed by atoms with Crippen LogP contribution in [0, 0.1) is 0 Å². The molecule has 3 rings (SSSR count). The summed E-state index contributed by atoms with van der Waals surface area (Å²) in [5.74, 6) is -0.0653. The van der Waals surface area contributed by atoms with Crippen LogP contribution in [0.4, 0.5) is 5.69 Å². The van der Waals surface area contributed by atoms with Gasteiger partial charge in [0.05, 0.1) is 5.69 Å². The minimum absolute atomic E-state index is 0.0653. The largest absolute Gasteiger partial charge is 0.304 e. The number of nitrogens with one attached hydrogen (secondary N) is 1. The fraction of sp³-hybridized carbons (Fsp3) is 0.133. The lowest BCUT2D eigenvalue weighted by Crippen LogP contribution is -2.31. The van der Waals surface area contributed by atoms with Crippen molar-refractivity contribution in [1.29, 1.82) is 0 Å². The third-order valence-corrected chi connectivity index (χ3v) is 5.15. The van der Waals surface area contributed by atoms with Crippen LogP contribution in [-0.2, 0) is 9.54 Å². The van der Waals surface area contributed by atoms with Crippen LogP contribution in [0.5, 0.6) is 0 Å². The molecule has 1 unspecified atom stereocenters. The number of pyridine rings is 1. The predicted octanol–water partition coefficient (Wildman–Crippen LogP) is 3.61. The maximum absolute atomic E-state index is 12.3. The number of carbonyl (C=O) groups is 1. The van der Waals surface area contributed by atoms with Gasteiger partial charge in [-0.3, -0.25) is 9.78 Å². The molecule has 0 spiro atoms. The molecule has 1 fully saturated rings. The van der Waals surface area contributed by atoms with Gasteiger partial charge in [0.1, 0.15) is 4.75 Å². The average molecular weight is 362 g/mol. The second kappa shape index (κ2) is 5.61. The molecule has 2 heterocycles. The molecule has 106 valence electrons. The van der Waals surface area contributed by atoms with Crippen molar-refractivity contribution in [1.82, 2.24) is 10.3 Å². The molecule has 21 heavy (non-hydrogen) atoms. The molecule has 0 aliphatic carbocycles. The Morgan fingerprint density at radius 3 is 2.67 bits per heavy atom. The highest BCUT2D eigenvalue weighted by atomic mass is 79.9. The second-order valence-corrected chi connectivity index (χ2v) is 6.96. The SMILES string of the molecule is CC1(c2ccncc2)SC(=Nc2ccccc2Br)NC1=O. The van der Waals surface area contributed by atoms with Crippen LogP contribution in [0.15, 0.2) is 58.3 Å². The van der Waals surface area contributed by atoms with Gasteiger partial charge >= 0.3 is 0 Å². The number of rotatable bonds is 2. The topological polar surface area (TPSA) is 54.4 Å². The van der Waals surface area contributed by atoms with E-state index in [4.69, 9.17) is 0 Å². The summed E-state index contributed by atoms with van der Waals surface area (Å²) in [7, 11) is 0. The summed E-state index contributed by atoms with van der Waals surface area (Å²) in [6.07, 6.45) is 3.38. The van der Waals surface area contributed by atoms with E-state index in [1.54, 1.807) is 12.4 Å². The van der Waals surface area contributed by atoms with Crippen LogP contribution in [0.2, 0.25) is 0 Å². The van der Waals surface area contributed by atoms with E-state index in [1.165, 1.54) is 11.8 Å². The van der Waals surface area contributed by atoms with Crippen molar-refractivity contribution in [2.75, 3.05) is 0 Å². The van der Waals surface area contributed by atoms with Gasteiger partial charge in [-0.05, 0) is 52.7 Å². The van der Waals surface area contributed by atoms with Gasteiger partial charge in [0.15, 0.2) is 5.17 Å². The number of carbonyl (C=O) groups excluding carboxylic acids is 1. The van der Waals surface area contributed by atoms with Gasteiger partial charge in [0.25, 0.3) is 0 Å². The minimum Gasteiger partial charge on any atom is -0.304 e. The number of aromatic nitrogens is 1. The number of halogens is 1. The zero-order valence-corrected chi connectivity index (χ0v) is 13.6. The Bertz CT molecular complexity index is 720. The first-order chi connectivity index (χ1) is 10.1. The smallest absolute Gasteiger partial charge is 0.246 e. The zero-order valence-electron chi connectivity index (χ0n) is 11.2. The zero-order chi connectivity index (χ0) is 14.9. The Labute approximate surface area is 135 Å². The highest BCUT2D eigenvalue weighted by Gasteiger charge is 2.44. The van der Waals surface area contributed by atoms with Crippen molar-refractivity contribution in [2.45, 2.75) is 11.7 Å². The highest BCUT2D eigenvalue weighted by Crippen LogP contribution is 2.41. The number of hydrogen-bond acceptors (Lipinski definition) is 4. The molecule has 1 N–H and O–H groups in total. The summed E-state index contributed by atoms with van der Waals surface area (Å²) >= 11 is 4.87. The van der Waals surface area contributed by atoms with Gasteiger partial charge in [-0.2, -0.15) is 0 Å². The lowest BCUT2D eigenvalue weighted by Gasteiger charge is -2.18. The van der Waals surface area contributed by atoms with Gasteiger partial charge < -0.3 is 5.32 Å². The molecule has 1 atom stereocenters. The van der Waals surface area contributed by atoms with Gasteiger partial charge in [0.2, 0.25) is 5.91 Å². The van der Waals surface area contributed by atoms with Crippen LogP contribution in [0.25, 0.3) is 0 Å². The molecule has 1 aromatic heterocycles. The molecule has 4 nitrogen and oxygen atoms in total.